The zero-order chi connectivity index (χ0) is 23.4. The molecule has 4 rings (SSSR count). The van der Waals surface area contributed by atoms with E-state index in [0.29, 0.717) is 17.7 Å². The number of fused-ring (bicyclic) bond motifs is 2. The van der Waals surface area contributed by atoms with Crippen LogP contribution in [-0.4, -0.2) is 40.8 Å². The van der Waals surface area contributed by atoms with E-state index in [1.54, 1.807) is 0 Å². The standard InChI is InChI=1S/C26H32N4O3/c1-26(2,3)33-25(32)28-16-8-6-4-5-7-15-27-19-13-9-11-17-22(19)24(31)18-12-10-14-20-21(18)23(17)30-29-20/h9-14,27H,4-8,15-16H2,1-3H3,(H,28,32)(H,29,30). The number of anilines is 1. The Labute approximate surface area is 194 Å². The average Bonchev–Trinajstić information content (AvgIpc) is 3.20. The monoisotopic (exact) mass is 448 g/mol. The molecular weight excluding hydrogens is 416 g/mol. The van der Waals surface area contributed by atoms with Crippen LogP contribution in [0.5, 0.6) is 0 Å². The summed E-state index contributed by atoms with van der Waals surface area (Å²) in [6, 6.07) is 11.6. The van der Waals surface area contributed by atoms with Crippen molar-refractivity contribution in [2.24, 2.45) is 0 Å². The molecule has 3 aromatic rings. The van der Waals surface area contributed by atoms with Gasteiger partial charge in [0.2, 0.25) is 0 Å². The Morgan fingerprint density at radius 3 is 2.45 bits per heavy atom. The number of ether oxygens (including phenoxy) is 1. The van der Waals surface area contributed by atoms with E-state index in [1.807, 2.05) is 57.2 Å². The summed E-state index contributed by atoms with van der Waals surface area (Å²) in [5.41, 5.74) is 4.43. The molecule has 0 saturated heterocycles. The number of aromatic amines is 1. The number of rotatable bonds is 9. The van der Waals surface area contributed by atoms with Crippen LogP contribution in [0.1, 0.15) is 68.8 Å². The highest BCUT2D eigenvalue weighted by atomic mass is 16.6. The summed E-state index contributed by atoms with van der Waals surface area (Å²) >= 11 is 0. The highest BCUT2D eigenvalue weighted by molar-refractivity contribution is 6.27. The molecule has 0 atom stereocenters. The Bertz CT molecular complexity index is 1160. The van der Waals surface area contributed by atoms with Crippen LogP contribution in [0.2, 0.25) is 0 Å². The maximum Gasteiger partial charge on any atom is 0.407 e. The van der Waals surface area contributed by atoms with E-state index in [0.717, 1.165) is 66.5 Å². The van der Waals surface area contributed by atoms with Crippen molar-refractivity contribution >= 4 is 28.5 Å². The molecule has 174 valence electrons. The minimum Gasteiger partial charge on any atom is -0.444 e. The maximum absolute atomic E-state index is 13.3. The Balaban J connectivity index is 1.23. The van der Waals surface area contributed by atoms with Gasteiger partial charge in [0.1, 0.15) is 11.3 Å². The number of carbonyl (C=O) groups is 2. The Morgan fingerprint density at radius 2 is 1.67 bits per heavy atom. The number of carbonyl (C=O) groups excluding carboxylic acids is 2. The second kappa shape index (κ2) is 9.65. The second-order valence-corrected chi connectivity index (χ2v) is 9.48. The van der Waals surface area contributed by atoms with Crippen molar-refractivity contribution in [3.05, 3.63) is 47.5 Å². The number of ketones is 1. The van der Waals surface area contributed by atoms with Gasteiger partial charge in [0.25, 0.3) is 0 Å². The lowest BCUT2D eigenvalue weighted by molar-refractivity contribution is 0.0527. The van der Waals surface area contributed by atoms with Crippen LogP contribution in [0.3, 0.4) is 0 Å². The summed E-state index contributed by atoms with van der Waals surface area (Å²) in [5, 5.41) is 14.7. The van der Waals surface area contributed by atoms with Gasteiger partial charge in [-0.3, -0.25) is 9.89 Å². The number of nitrogens with one attached hydrogen (secondary N) is 3. The molecule has 0 unspecified atom stereocenters. The lowest BCUT2D eigenvalue weighted by atomic mass is 9.86. The number of hydrogen-bond acceptors (Lipinski definition) is 5. The molecule has 0 aliphatic heterocycles. The first-order chi connectivity index (χ1) is 15.8. The summed E-state index contributed by atoms with van der Waals surface area (Å²) in [6.07, 6.45) is 4.84. The van der Waals surface area contributed by atoms with Crippen LogP contribution in [-0.2, 0) is 4.74 Å². The molecule has 1 aliphatic rings. The fourth-order valence-corrected chi connectivity index (χ4v) is 4.24. The van der Waals surface area contributed by atoms with Gasteiger partial charge in [-0.1, -0.05) is 43.5 Å². The normalized spacial score (nSPS) is 12.5. The fourth-order valence-electron chi connectivity index (χ4n) is 4.24. The first-order valence-corrected chi connectivity index (χ1v) is 11.7. The first kappa shape index (κ1) is 22.8. The van der Waals surface area contributed by atoms with E-state index < -0.39 is 5.60 Å². The molecule has 1 amide bonds. The number of alkyl carbamates (subject to hydrolysis) is 1. The molecule has 1 heterocycles. The van der Waals surface area contributed by atoms with Gasteiger partial charge in [0, 0.05) is 35.3 Å². The lowest BCUT2D eigenvalue weighted by Crippen LogP contribution is -2.32. The quantitative estimate of drug-likeness (QED) is 0.287. The first-order valence-electron chi connectivity index (χ1n) is 11.7. The van der Waals surface area contributed by atoms with Crippen LogP contribution in [0.25, 0.3) is 22.2 Å². The largest absolute Gasteiger partial charge is 0.444 e. The number of H-pyrrole nitrogens is 1. The summed E-state index contributed by atoms with van der Waals surface area (Å²) in [6.45, 7) is 7.01. The molecule has 7 nitrogen and oxygen atoms in total. The predicted octanol–water partition coefficient (Wildman–Crippen LogP) is 5.66. The third-order valence-corrected chi connectivity index (χ3v) is 5.72. The molecule has 0 saturated carbocycles. The van der Waals surface area contributed by atoms with E-state index in [9.17, 15) is 9.59 Å². The molecule has 2 aromatic carbocycles. The van der Waals surface area contributed by atoms with Crippen LogP contribution in [0.15, 0.2) is 36.4 Å². The highest BCUT2D eigenvalue weighted by Crippen LogP contribution is 2.40. The topological polar surface area (TPSA) is 96.1 Å². The molecule has 7 heteroatoms. The molecular formula is C26H32N4O3. The third-order valence-electron chi connectivity index (χ3n) is 5.72. The maximum atomic E-state index is 13.3. The van der Waals surface area contributed by atoms with Crippen LogP contribution in [0, 0.1) is 0 Å². The average molecular weight is 449 g/mol. The molecule has 33 heavy (non-hydrogen) atoms. The molecule has 0 fully saturated rings. The zero-order valence-electron chi connectivity index (χ0n) is 19.6. The van der Waals surface area contributed by atoms with Crippen molar-refractivity contribution in [1.82, 2.24) is 15.5 Å². The lowest BCUT2D eigenvalue weighted by Gasteiger charge is -2.19. The second-order valence-electron chi connectivity index (χ2n) is 9.48. The molecule has 3 N–H and O–H groups in total. The van der Waals surface area contributed by atoms with Gasteiger partial charge < -0.3 is 15.4 Å². The van der Waals surface area contributed by atoms with Crippen LogP contribution in [0.4, 0.5) is 10.5 Å². The fraction of sp³-hybridized carbons (Fsp3) is 0.423. The Morgan fingerprint density at radius 1 is 0.970 bits per heavy atom. The van der Waals surface area contributed by atoms with E-state index in [1.165, 1.54) is 0 Å². The SMILES string of the molecule is CC(C)(C)OC(=O)NCCCCCCCNc1cccc2c1C(=O)c1cccc3[nH]nc-2c13. The van der Waals surface area contributed by atoms with Gasteiger partial charge in [-0.2, -0.15) is 5.10 Å². The van der Waals surface area contributed by atoms with Gasteiger partial charge >= 0.3 is 6.09 Å². The minimum atomic E-state index is -0.465. The number of amides is 1. The van der Waals surface area contributed by atoms with Crippen molar-refractivity contribution < 1.29 is 14.3 Å². The number of aromatic nitrogens is 2. The molecule has 0 spiro atoms. The summed E-state index contributed by atoms with van der Waals surface area (Å²) < 4.78 is 5.23. The van der Waals surface area contributed by atoms with Crippen molar-refractivity contribution in [2.45, 2.75) is 58.5 Å². The van der Waals surface area contributed by atoms with Gasteiger partial charge in [-0.15, -0.1) is 0 Å². The van der Waals surface area contributed by atoms with Gasteiger partial charge in [-0.05, 0) is 45.7 Å². The van der Waals surface area contributed by atoms with E-state index >= 15 is 0 Å². The summed E-state index contributed by atoms with van der Waals surface area (Å²) in [4.78, 5) is 24.9. The van der Waals surface area contributed by atoms with E-state index in [-0.39, 0.29) is 11.9 Å². The number of nitrogens with zero attached hydrogens (tertiary/aromatic N) is 1. The number of hydrogen-bond donors (Lipinski definition) is 3. The molecule has 1 aromatic heterocycles. The summed E-state index contributed by atoms with van der Waals surface area (Å²) in [7, 11) is 0. The number of benzene rings is 2. The third kappa shape index (κ3) is 5.18. The van der Waals surface area contributed by atoms with Gasteiger partial charge in [-0.25, -0.2) is 4.79 Å². The smallest absolute Gasteiger partial charge is 0.407 e. The summed E-state index contributed by atoms with van der Waals surface area (Å²) in [5.74, 6) is 0.0464. The predicted molar refractivity (Wildman–Crippen MR) is 131 cm³/mol. The van der Waals surface area contributed by atoms with E-state index in [2.05, 4.69) is 20.8 Å². The van der Waals surface area contributed by atoms with Crippen molar-refractivity contribution in [3.8, 4) is 11.3 Å². The zero-order valence-corrected chi connectivity index (χ0v) is 19.6. The van der Waals surface area contributed by atoms with Crippen LogP contribution >= 0.6 is 0 Å². The Hall–Kier alpha value is -3.35. The minimum absolute atomic E-state index is 0.0464. The molecule has 0 bridgehead atoms. The van der Waals surface area contributed by atoms with Crippen molar-refractivity contribution in [3.63, 3.8) is 0 Å². The number of unbranched alkanes of at least 4 members (excludes halogenated alkanes) is 4. The van der Waals surface area contributed by atoms with Crippen LogP contribution < -0.4 is 10.6 Å². The van der Waals surface area contributed by atoms with Crippen molar-refractivity contribution in [2.75, 3.05) is 18.4 Å². The molecule has 1 aliphatic carbocycles. The van der Waals surface area contributed by atoms with Crippen molar-refractivity contribution in [1.29, 1.82) is 0 Å². The van der Waals surface area contributed by atoms with Gasteiger partial charge in [0.05, 0.1) is 11.1 Å². The molecule has 0 radical (unpaired) electrons. The Kier molecular flexibility index (Phi) is 6.67. The highest BCUT2D eigenvalue weighted by Gasteiger charge is 2.29. The van der Waals surface area contributed by atoms with E-state index in [4.69, 9.17) is 4.74 Å². The van der Waals surface area contributed by atoms with Gasteiger partial charge in [0.15, 0.2) is 5.78 Å².